The van der Waals surface area contributed by atoms with E-state index >= 15 is 0 Å². The van der Waals surface area contributed by atoms with Crippen LogP contribution in [0, 0.1) is 0 Å². The Morgan fingerprint density at radius 3 is 2.17 bits per heavy atom. The number of rotatable bonds is 11. The van der Waals surface area contributed by atoms with Crippen molar-refractivity contribution in [2.45, 2.75) is 52.2 Å². The van der Waals surface area contributed by atoms with Crippen molar-refractivity contribution >= 4 is 62.3 Å². The van der Waals surface area contributed by atoms with Gasteiger partial charge in [0.2, 0.25) is 21.8 Å². The Kier molecular flexibility index (Phi) is 10.7. The fraction of sp³-hybridized carbons (Fsp3) is 0.417. The molecule has 2 unspecified atom stereocenters. The molecule has 0 bridgehead atoms. The van der Waals surface area contributed by atoms with Crippen molar-refractivity contribution < 1.29 is 18.0 Å². The number of anilines is 1. The molecular weight excluding hydrogens is 533 g/mol. The summed E-state index contributed by atoms with van der Waals surface area (Å²) in [6.45, 7) is 5.15. The lowest BCUT2D eigenvalue weighted by Gasteiger charge is -2.33. The Bertz CT molecular complexity index is 1140. The van der Waals surface area contributed by atoms with E-state index in [-0.39, 0.29) is 34.2 Å². The predicted molar refractivity (Wildman–Crippen MR) is 143 cm³/mol. The van der Waals surface area contributed by atoms with Gasteiger partial charge in [-0.3, -0.25) is 13.9 Å². The fourth-order valence-electron chi connectivity index (χ4n) is 3.43. The Morgan fingerprint density at radius 2 is 1.63 bits per heavy atom. The highest BCUT2D eigenvalue weighted by Crippen LogP contribution is 2.33. The Hall–Kier alpha value is -2.00. The first-order chi connectivity index (χ1) is 16.4. The minimum absolute atomic E-state index is 0.0122. The summed E-state index contributed by atoms with van der Waals surface area (Å²) in [5, 5.41) is 3.62. The molecule has 0 heterocycles. The summed E-state index contributed by atoms with van der Waals surface area (Å²) in [5.41, 5.74) is 0.822. The number of amides is 2. The summed E-state index contributed by atoms with van der Waals surface area (Å²) in [5.74, 6) is -0.872. The standard InChI is InChI=1S/C24H30Cl3N3O4S/c1-5-16(3)28-24(32)20(6-2)29(14-17-10-12-18(25)13-11-17)22(31)15-30(35(4,33)34)21-9-7-8-19(26)23(21)27/h7-13,16,20H,5-6,14-15H2,1-4H3,(H,28,32). The van der Waals surface area contributed by atoms with Crippen LogP contribution in [0.5, 0.6) is 0 Å². The first-order valence-corrected chi connectivity index (χ1v) is 14.1. The molecule has 2 amide bonds. The molecule has 2 aromatic carbocycles. The molecule has 0 spiro atoms. The van der Waals surface area contributed by atoms with Crippen LogP contribution in [0.1, 0.15) is 39.2 Å². The molecule has 0 saturated carbocycles. The molecule has 0 aliphatic heterocycles. The van der Waals surface area contributed by atoms with Crippen LogP contribution in [0.2, 0.25) is 15.1 Å². The molecule has 0 fully saturated rings. The number of carbonyl (C=O) groups is 2. The topological polar surface area (TPSA) is 86.8 Å². The number of halogens is 3. The first kappa shape index (κ1) is 29.2. The van der Waals surface area contributed by atoms with Gasteiger partial charge in [-0.2, -0.15) is 0 Å². The normalized spacial score (nSPS) is 13.1. The molecule has 11 heteroatoms. The smallest absolute Gasteiger partial charge is 0.244 e. The maximum absolute atomic E-state index is 13.6. The second-order valence-corrected chi connectivity index (χ2v) is 11.4. The predicted octanol–water partition coefficient (Wildman–Crippen LogP) is 5.13. The monoisotopic (exact) mass is 561 g/mol. The van der Waals surface area contributed by atoms with Gasteiger partial charge >= 0.3 is 0 Å². The van der Waals surface area contributed by atoms with Crippen LogP contribution in [-0.4, -0.2) is 50.0 Å². The lowest BCUT2D eigenvalue weighted by Crippen LogP contribution is -2.53. The van der Waals surface area contributed by atoms with E-state index in [0.717, 1.165) is 22.5 Å². The summed E-state index contributed by atoms with van der Waals surface area (Å²) in [7, 11) is -3.92. The second kappa shape index (κ2) is 12.8. The lowest BCUT2D eigenvalue weighted by atomic mass is 10.1. The van der Waals surface area contributed by atoms with Crippen molar-refractivity contribution in [2.24, 2.45) is 0 Å². The zero-order valence-electron chi connectivity index (χ0n) is 20.1. The van der Waals surface area contributed by atoms with E-state index < -0.39 is 28.5 Å². The van der Waals surface area contributed by atoms with Gasteiger partial charge < -0.3 is 10.2 Å². The second-order valence-electron chi connectivity index (χ2n) is 8.23. The van der Waals surface area contributed by atoms with E-state index in [4.69, 9.17) is 34.8 Å². The SMILES string of the molecule is CCC(C)NC(=O)C(CC)N(Cc1ccc(Cl)cc1)C(=O)CN(c1cccc(Cl)c1Cl)S(C)(=O)=O. The molecule has 0 aliphatic carbocycles. The molecule has 35 heavy (non-hydrogen) atoms. The number of hydrogen-bond donors (Lipinski definition) is 1. The highest BCUT2D eigenvalue weighted by Gasteiger charge is 2.32. The molecule has 0 saturated heterocycles. The lowest BCUT2D eigenvalue weighted by molar-refractivity contribution is -0.140. The van der Waals surface area contributed by atoms with Crippen LogP contribution >= 0.6 is 34.8 Å². The van der Waals surface area contributed by atoms with Gasteiger partial charge in [-0.25, -0.2) is 8.42 Å². The highest BCUT2D eigenvalue weighted by atomic mass is 35.5. The van der Waals surface area contributed by atoms with Crippen molar-refractivity contribution in [1.29, 1.82) is 0 Å². The Labute approximate surface area is 222 Å². The van der Waals surface area contributed by atoms with E-state index in [1.54, 1.807) is 37.3 Å². The zero-order chi connectivity index (χ0) is 26.3. The molecule has 0 aliphatic rings. The number of sulfonamides is 1. The Balaban J connectivity index is 2.47. The maximum atomic E-state index is 13.6. The van der Waals surface area contributed by atoms with Crippen LogP contribution in [0.3, 0.4) is 0 Å². The van der Waals surface area contributed by atoms with Gasteiger partial charge in [-0.15, -0.1) is 0 Å². The quantitative estimate of drug-likeness (QED) is 0.411. The molecule has 2 aromatic rings. The first-order valence-electron chi connectivity index (χ1n) is 11.1. The summed E-state index contributed by atoms with van der Waals surface area (Å²) >= 11 is 18.4. The average Bonchev–Trinajstić information content (AvgIpc) is 2.79. The van der Waals surface area contributed by atoms with Crippen molar-refractivity contribution in [1.82, 2.24) is 10.2 Å². The summed E-state index contributed by atoms with van der Waals surface area (Å²) in [6, 6.07) is 10.5. The van der Waals surface area contributed by atoms with E-state index in [1.165, 1.54) is 17.0 Å². The van der Waals surface area contributed by atoms with E-state index in [2.05, 4.69) is 5.32 Å². The molecule has 7 nitrogen and oxygen atoms in total. The number of nitrogens with zero attached hydrogens (tertiary/aromatic N) is 2. The third-order valence-corrected chi connectivity index (χ3v) is 7.72. The fourth-order valence-corrected chi connectivity index (χ4v) is 4.85. The van der Waals surface area contributed by atoms with Gasteiger partial charge in [0.15, 0.2) is 0 Å². The van der Waals surface area contributed by atoms with E-state index in [9.17, 15) is 18.0 Å². The van der Waals surface area contributed by atoms with Gasteiger partial charge in [-0.1, -0.05) is 66.8 Å². The molecule has 0 aromatic heterocycles. The molecule has 1 N–H and O–H groups in total. The number of carbonyl (C=O) groups excluding carboxylic acids is 2. The number of nitrogens with one attached hydrogen (secondary N) is 1. The highest BCUT2D eigenvalue weighted by molar-refractivity contribution is 7.92. The third kappa shape index (κ3) is 8.00. The van der Waals surface area contributed by atoms with Crippen LogP contribution in [0.15, 0.2) is 42.5 Å². The molecule has 0 radical (unpaired) electrons. The van der Waals surface area contributed by atoms with Crippen molar-refractivity contribution in [3.05, 3.63) is 63.1 Å². The molecule has 2 atom stereocenters. The average molecular weight is 563 g/mol. The maximum Gasteiger partial charge on any atom is 0.244 e. The van der Waals surface area contributed by atoms with Crippen molar-refractivity contribution in [3.63, 3.8) is 0 Å². The molecule has 192 valence electrons. The van der Waals surface area contributed by atoms with E-state index in [1.807, 2.05) is 13.8 Å². The van der Waals surface area contributed by atoms with E-state index in [0.29, 0.717) is 11.4 Å². The minimum atomic E-state index is -3.92. The number of benzene rings is 2. The van der Waals surface area contributed by atoms with Gasteiger partial charge in [0, 0.05) is 17.6 Å². The van der Waals surface area contributed by atoms with Gasteiger partial charge in [0.25, 0.3) is 0 Å². The third-order valence-electron chi connectivity index (χ3n) is 5.53. The van der Waals surface area contributed by atoms with Gasteiger partial charge in [0.1, 0.15) is 12.6 Å². The van der Waals surface area contributed by atoms with Crippen LogP contribution in [0.25, 0.3) is 0 Å². The molecular formula is C24H30Cl3N3O4S. The van der Waals surface area contributed by atoms with Gasteiger partial charge in [0.05, 0.1) is 22.0 Å². The van der Waals surface area contributed by atoms with Crippen molar-refractivity contribution in [3.8, 4) is 0 Å². The van der Waals surface area contributed by atoms with Gasteiger partial charge in [-0.05, 0) is 49.6 Å². The molecule has 2 rings (SSSR count). The van der Waals surface area contributed by atoms with Crippen LogP contribution in [0.4, 0.5) is 5.69 Å². The minimum Gasteiger partial charge on any atom is -0.352 e. The van der Waals surface area contributed by atoms with Crippen LogP contribution < -0.4 is 9.62 Å². The summed E-state index contributed by atoms with van der Waals surface area (Å²) < 4.78 is 26.2. The summed E-state index contributed by atoms with van der Waals surface area (Å²) in [6.07, 6.45) is 2.04. The Morgan fingerprint density at radius 1 is 1.00 bits per heavy atom. The summed E-state index contributed by atoms with van der Waals surface area (Å²) in [4.78, 5) is 28.1. The number of hydrogen-bond acceptors (Lipinski definition) is 4. The van der Waals surface area contributed by atoms with Crippen LogP contribution in [-0.2, 0) is 26.2 Å². The zero-order valence-corrected chi connectivity index (χ0v) is 23.2. The van der Waals surface area contributed by atoms with Crippen molar-refractivity contribution in [2.75, 3.05) is 17.1 Å². The largest absolute Gasteiger partial charge is 0.352 e.